The summed E-state index contributed by atoms with van der Waals surface area (Å²) in [6, 6.07) is 16.4. The molecule has 0 radical (unpaired) electrons. The Balaban J connectivity index is 1.32. The van der Waals surface area contributed by atoms with Gasteiger partial charge in [-0.1, -0.05) is 30.3 Å². The number of ether oxygens (including phenoxy) is 1. The van der Waals surface area contributed by atoms with Crippen LogP contribution in [0.25, 0.3) is 10.9 Å². The van der Waals surface area contributed by atoms with E-state index in [0.29, 0.717) is 49.1 Å². The summed E-state index contributed by atoms with van der Waals surface area (Å²) in [6.07, 6.45) is 2.49. The number of rotatable bonds is 12. The Kier molecular flexibility index (Phi) is 9.45. The van der Waals surface area contributed by atoms with Crippen LogP contribution in [0.1, 0.15) is 62.0 Å². The predicted octanol–water partition coefficient (Wildman–Crippen LogP) is 6.94. The van der Waals surface area contributed by atoms with Crippen LogP contribution in [0.5, 0.6) is 5.75 Å². The van der Waals surface area contributed by atoms with Crippen LogP contribution < -0.4 is 4.74 Å². The minimum Gasteiger partial charge on any atom is -0.497 e. The largest absolute Gasteiger partial charge is 0.497 e. The summed E-state index contributed by atoms with van der Waals surface area (Å²) in [5.41, 5.74) is 2.02. The second-order valence-electron chi connectivity index (χ2n) is 10.1. The Morgan fingerprint density at radius 3 is 2.68 bits per heavy atom. The Hall–Kier alpha value is -3.06. The van der Waals surface area contributed by atoms with E-state index >= 15 is 4.39 Å². The number of pyridine rings is 1. The summed E-state index contributed by atoms with van der Waals surface area (Å²) in [4.78, 5) is 18.2. The van der Waals surface area contributed by atoms with Crippen LogP contribution in [-0.4, -0.2) is 47.7 Å². The highest BCUT2D eigenvalue weighted by Gasteiger charge is 2.31. The van der Waals surface area contributed by atoms with Crippen molar-refractivity contribution in [3.63, 3.8) is 0 Å². The van der Waals surface area contributed by atoms with Gasteiger partial charge in [-0.25, -0.2) is 8.78 Å². The molecule has 0 saturated carbocycles. The van der Waals surface area contributed by atoms with E-state index in [1.165, 1.54) is 0 Å². The summed E-state index contributed by atoms with van der Waals surface area (Å²) in [7, 11) is 1.58. The standard InChI is InChI=1S/C30H36F2N2O3/c1-37-24-10-12-29-26(19-24)25(13-15-33-29)28(32)11-9-21-14-17-34(20-23(21)18-30(35)36)16-5-8-27(31)22-6-3-2-4-7-22/h2-4,6-7,10,12-13,15,19,21,23,27-28H,5,8-9,11,14,16-18,20H2,1H3,(H,35,36)/t21-,23+,27?,28?/m1/s1. The van der Waals surface area contributed by atoms with Crippen LogP contribution in [0, 0.1) is 11.8 Å². The fourth-order valence-electron chi connectivity index (χ4n) is 5.58. The maximum atomic E-state index is 15.5. The zero-order chi connectivity index (χ0) is 26.2. The Morgan fingerprint density at radius 2 is 1.92 bits per heavy atom. The minimum absolute atomic E-state index is 0.0389. The third-order valence-electron chi connectivity index (χ3n) is 7.62. The van der Waals surface area contributed by atoms with E-state index < -0.39 is 18.3 Å². The summed E-state index contributed by atoms with van der Waals surface area (Å²) in [6.45, 7) is 2.23. The molecule has 2 aromatic carbocycles. The van der Waals surface area contributed by atoms with E-state index in [1.54, 1.807) is 19.4 Å². The highest BCUT2D eigenvalue weighted by Crippen LogP contribution is 2.36. The molecule has 1 N–H and O–H groups in total. The first-order valence-corrected chi connectivity index (χ1v) is 13.1. The number of nitrogens with zero attached hydrogens (tertiary/aromatic N) is 2. The van der Waals surface area contributed by atoms with Crippen LogP contribution in [0.4, 0.5) is 8.78 Å². The second kappa shape index (κ2) is 13.0. The molecule has 5 nitrogen and oxygen atoms in total. The molecule has 0 aliphatic carbocycles. The van der Waals surface area contributed by atoms with Gasteiger partial charge in [0.1, 0.15) is 18.1 Å². The lowest BCUT2D eigenvalue weighted by atomic mass is 9.79. The number of hydrogen-bond donors (Lipinski definition) is 1. The first-order chi connectivity index (χ1) is 17.9. The van der Waals surface area contributed by atoms with Crippen molar-refractivity contribution >= 4 is 16.9 Å². The summed E-state index contributed by atoms with van der Waals surface area (Å²) in [5, 5.41) is 10.3. The van der Waals surface area contributed by atoms with Gasteiger partial charge in [-0.3, -0.25) is 9.78 Å². The normalized spacial score (nSPS) is 20.0. The number of hydrogen-bond acceptors (Lipinski definition) is 4. The Morgan fingerprint density at radius 1 is 1.11 bits per heavy atom. The SMILES string of the molecule is COc1ccc2nccc(C(F)CC[C@@H]3CCN(CCCC(F)c4ccccc4)C[C@@H]3CC(=O)O)c2c1. The number of carbonyl (C=O) groups is 1. The number of aromatic nitrogens is 1. The van der Waals surface area contributed by atoms with Crippen molar-refractivity contribution in [3.8, 4) is 5.75 Å². The molecule has 3 aromatic rings. The lowest BCUT2D eigenvalue weighted by Gasteiger charge is -2.38. The molecule has 1 aliphatic rings. The molecule has 1 aromatic heterocycles. The molecular formula is C30H36F2N2O3. The molecule has 0 amide bonds. The topological polar surface area (TPSA) is 62.7 Å². The molecular weight excluding hydrogens is 474 g/mol. The predicted molar refractivity (Wildman–Crippen MR) is 141 cm³/mol. The van der Waals surface area contributed by atoms with E-state index in [4.69, 9.17) is 4.74 Å². The molecule has 1 aliphatic heterocycles. The first kappa shape index (κ1) is 27.0. The van der Waals surface area contributed by atoms with Crippen molar-refractivity contribution in [2.75, 3.05) is 26.7 Å². The summed E-state index contributed by atoms with van der Waals surface area (Å²) >= 11 is 0. The zero-order valence-electron chi connectivity index (χ0n) is 21.4. The molecule has 37 heavy (non-hydrogen) atoms. The Labute approximate surface area is 217 Å². The number of aliphatic carboxylic acids is 1. The van der Waals surface area contributed by atoms with E-state index in [0.717, 1.165) is 30.4 Å². The van der Waals surface area contributed by atoms with Gasteiger partial charge in [-0.2, -0.15) is 0 Å². The second-order valence-corrected chi connectivity index (χ2v) is 10.1. The fourth-order valence-corrected chi connectivity index (χ4v) is 5.58. The van der Waals surface area contributed by atoms with Crippen LogP contribution in [0.3, 0.4) is 0 Å². The van der Waals surface area contributed by atoms with Crippen molar-refractivity contribution in [1.82, 2.24) is 9.88 Å². The molecule has 2 heterocycles. The number of fused-ring (bicyclic) bond motifs is 1. The number of piperidine rings is 1. The van der Waals surface area contributed by atoms with Crippen LogP contribution in [0.15, 0.2) is 60.8 Å². The van der Waals surface area contributed by atoms with E-state index in [1.807, 2.05) is 48.5 Å². The molecule has 0 bridgehead atoms. The summed E-state index contributed by atoms with van der Waals surface area (Å²) in [5.74, 6) is -0.0611. The van der Waals surface area contributed by atoms with Gasteiger partial charge in [0, 0.05) is 24.5 Å². The van der Waals surface area contributed by atoms with Gasteiger partial charge in [0.15, 0.2) is 0 Å². The average Bonchev–Trinajstić information content (AvgIpc) is 2.91. The van der Waals surface area contributed by atoms with Gasteiger partial charge < -0.3 is 14.7 Å². The first-order valence-electron chi connectivity index (χ1n) is 13.1. The number of carboxylic acid groups (broad SMARTS) is 1. The number of likely N-dealkylation sites (tertiary alicyclic amines) is 1. The van der Waals surface area contributed by atoms with Crippen LogP contribution in [-0.2, 0) is 4.79 Å². The average molecular weight is 511 g/mol. The fraction of sp³-hybridized carbons (Fsp3) is 0.467. The lowest BCUT2D eigenvalue weighted by Crippen LogP contribution is -2.41. The Bertz CT molecular complexity index is 1160. The molecule has 0 spiro atoms. The summed E-state index contributed by atoms with van der Waals surface area (Å²) < 4.78 is 35.3. The van der Waals surface area contributed by atoms with Crippen molar-refractivity contribution < 1.29 is 23.4 Å². The number of alkyl halides is 2. The zero-order valence-corrected chi connectivity index (χ0v) is 21.4. The molecule has 198 valence electrons. The van der Waals surface area contributed by atoms with Gasteiger partial charge in [0.2, 0.25) is 0 Å². The van der Waals surface area contributed by atoms with Gasteiger partial charge in [-0.05, 0) is 92.4 Å². The number of halogens is 2. The third-order valence-corrected chi connectivity index (χ3v) is 7.62. The molecule has 7 heteroatoms. The number of carboxylic acids is 1. The molecule has 4 atom stereocenters. The van der Waals surface area contributed by atoms with E-state index in [2.05, 4.69) is 9.88 Å². The van der Waals surface area contributed by atoms with Crippen molar-refractivity contribution in [1.29, 1.82) is 0 Å². The molecule has 1 fully saturated rings. The monoisotopic (exact) mass is 510 g/mol. The number of benzene rings is 2. The maximum absolute atomic E-state index is 15.5. The van der Waals surface area contributed by atoms with Gasteiger partial charge in [0.25, 0.3) is 0 Å². The quantitative estimate of drug-likeness (QED) is 0.286. The minimum atomic E-state index is -1.17. The molecule has 1 saturated heterocycles. The van der Waals surface area contributed by atoms with Crippen molar-refractivity contribution in [2.45, 2.75) is 50.9 Å². The van der Waals surface area contributed by atoms with Gasteiger partial charge in [-0.15, -0.1) is 0 Å². The van der Waals surface area contributed by atoms with Crippen LogP contribution >= 0.6 is 0 Å². The van der Waals surface area contributed by atoms with Gasteiger partial charge in [0.05, 0.1) is 12.6 Å². The van der Waals surface area contributed by atoms with E-state index in [-0.39, 0.29) is 18.3 Å². The maximum Gasteiger partial charge on any atom is 0.303 e. The molecule has 4 rings (SSSR count). The van der Waals surface area contributed by atoms with Crippen molar-refractivity contribution in [3.05, 3.63) is 71.9 Å². The molecule has 2 unspecified atom stereocenters. The third kappa shape index (κ3) is 7.25. The highest BCUT2D eigenvalue weighted by molar-refractivity contribution is 5.83. The van der Waals surface area contributed by atoms with Crippen molar-refractivity contribution in [2.24, 2.45) is 11.8 Å². The highest BCUT2D eigenvalue weighted by atomic mass is 19.1. The van der Waals surface area contributed by atoms with Crippen LogP contribution in [0.2, 0.25) is 0 Å². The van der Waals surface area contributed by atoms with E-state index in [9.17, 15) is 14.3 Å². The van der Waals surface area contributed by atoms with Gasteiger partial charge >= 0.3 is 5.97 Å². The smallest absolute Gasteiger partial charge is 0.303 e. The number of methoxy groups -OCH3 is 1. The lowest BCUT2D eigenvalue weighted by molar-refractivity contribution is -0.139.